The van der Waals surface area contributed by atoms with Crippen LogP contribution in [0.1, 0.15) is 11.5 Å². The van der Waals surface area contributed by atoms with Crippen LogP contribution in [0.2, 0.25) is 0 Å². The van der Waals surface area contributed by atoms with Gasteiger partial charge in [0.15, 0.2) is 0 Å². The first kappa shape index (κ1) is 7.15. The van der Waals surface area contributed by atoms with Crippen LogP contribution >= 0.6 is 0 Å². The number of H-pyrrole nitrogens is 1. The summed E-state index contributed by atoms with van der Waals surface area (Å²) in [6.07, 6.45) is 2.01. The van der Waals surface area contributed by atoms with Gasteiger partial charge in [0.1, 0.15) is 0 Å². The fourth-order valence-corrected chi connectivity index (χ4v) is 1.96. The Kier molecular flexibility index (Phi) is 1.43. The maximum absolute atomic E-state index is 3.31. The molecular weight excluding hydrogens is 160 g/mol. The van der Waals surface area contributed by atoms with Gasteiger partial charge >= 0.3 is 0 Å². The molecule has 0 bridgehead atoms. The number of aromatic nitrogens is 1. The van der Waals surface area contributed by atoms with E-state index in [9.17, 15) is 0 Å². The zero-order valence-corrected chi connectivity index (χ0v) is 7.38. The van der Waals surface area contributed by atoms with Gasteiger partial charge in [-0.1, -0.05) is 18.2 Å². The van der Waals surface area contributed by atoms with Crippen LogP contribution in [0.5, 0.6) is 0 Å². The molecule has 0 saturated carbocycles. The highest BCUT2D eigenvalue weighted by Crippen LogP contribution is 2.26. The molecule has 1 fully saturated rings. The predicted molar refractivity (Wildman–Crippen MR) is 53.9 cm³/mol. The SMILES string of the molecule is c1cc(C2CNC2)c2[nH]ccc2c1. The van der Waals surface area contributed by atoms with Crippen molar-refractivity contribution in [1.82, 2.24) is 10.3 Å². The lowest BCUT2D eigenvalue weighted by Crippen LogP contribution is -2.39. The predicted octanol–water partition coefficient (Wildman–Crippen LogP) is 1.85. The van der Waals surface area contributed by atoms with Gasteiger partial charge in [-0.15, -0.1) is 0 Å². The minimum absolute atomic E-state index is 0.711. The number of para-hydroxylation sites is 1. The molecule has 2 heteroatoms. The average molecular weight is 172 g/mol. The van der Waals surface area contributed by atoms with E-state index in [1.165, 1.54) is 16.5 Å². The van der Waals surface area contributed by atoms with Crippen LogP contribution in [0, 0.1) is 0 Å². The summed E-state index contributed by atoms with van der Waals surface area (Å²) in [5.74, 6) is 0.711. The van der Waals surface area contributed by atoms with Crippen LogP contribution < -0.4 is 5.32 Å². The fraction of sp³-hybridized carbons (Fsp3) is 0.273. The first-order valence-electron chi connectivity index (χ1n) is 4.72. The lowest BCUT2D eigenvalue weighted by atomic mass is 9.92. The van der Waals surface area contributed by atoms with Gasteiger partial charge in [0.2, 0.25) is 0 Å². The zero-order valence-electron chi connectivity index (χ0n) is 7.38. The number of hydrogen-bond acceptors (Lipinski definition) is 1. The molecule has 0 unspecified atom stereocenters. The topological polar surface area (TPSA) is 27.8 Å². The van der Waals surface area contributed by atoms with E-state index in [-0.39, 0.29) is 0 Å². The van der Waals surface area contributed by atoms with E-state index in [0.29, 0.717) is 5.92 Å². The molecule has 1 aliphatic heterocycles. The van der Waals surface area contributed by atoms with Crippen molar-refractivity contribution in [2.75, 3.05) is 13.1 Å². The van der Waals surface area contributed by atoms with Crippen molar-refractivity contribution in [1.29, 1.82) is 0 Å². The minimum atomic E-state index is 0.711. The molecule has 3 rings (SSSR count). The summed E-state index contributed by atoms with van der Waals surface area (Å²) in [5.41, 5.74) is 2.77. The van der Waals surface area contributed by atoms with Crippen molar-refractivity contribution in [3.05, 3.63) is 36.0 Å². The summed E-state index contributed by atoms with van der Waals surface area (Å²) in [6.45, 7) is 2.25. The van der Waals surface area contributed by atoms with Crippen molar-refractivity contribution in [3.63, 3.8) is 0 Å². The highest BCUT2D eigenvalue weighted by molar-refractivity contribution is 5.83. The molecule has 0 atom stereocenters. The van der Waals surface area contributed by atoms with E-state index in [1.54, 1.807) is 0 Å². The molecule has 2 nitrogen and oxygen atoms in total. The quantitative estimate of drug-likeness (QED) is 0.675. The molecule has 1 aliphatic rings. The van der Waals surface area contributed by atoms with Gasteiger partial charge in [0.25, 0.3) is 0 Å². The third-order valence-electron chi connectivity index (χ3n) is 2.84. The van der Waals surface area contributed by atoms with Crippen LogP contribution in [0.15, 0.2) is 30.5 Å². The van der Waals surface area contributed by atoms with Crippen molar-refractivity contribution in [3.8, 4) is 0 Å². The first-order chi connectivity index (χ1) is 6.45. The second-order valence-corrected chi connectivity index (χ2v) is 3.64. The minimum Gasteiger partial charge on any atom is -0.361 e. The van der Waals surface area contributed by atoms with Crippen LogP contribution in [0.4, 0.5) is 0 Å². The van der Waals surface area contributed by atoms with E-state index in [1.807, 2.05) is 6.20 Å². The van der Waals surface area contributed by atoms with Crippen molar-refractivity contribution in [2.24, 2.45) is 0 Å². The molecule has 2 N–H and O–H groups in total. The van der Waals surface area contributed by atoms with E-state index in [0.717, 1.165) is 13.1 Å². The van der Waals surface area contributed by atoms with E-state index in [2.05, 4.69) is 34.6 Å². The Morgan fingerprint density at radius 1 is 1.15 bits per heavy atom. The van der Waals surface area contributed by atoms with Gasteiger partial charge in [-0.2, -0.15) is 0 Å². The van der Waals surface area contributed by atoms with E-state index >= 15 is 0 Å². The smallest absolute Gasteiger partial charge is 0.0490 e. The summed E-state index contributed by atoms with van der Waals surface area (Å²) >= 11 is 0. The lowest BCUT2D eigenvalue weighted by molar-refractivity contribution is 0.450. The molecule has 66 valence electrons. The zero-order chi connectivity index (χ0) is 8.67. The van der Waals surface area contributed by atoms with E-state index < -0.39 is 0 Å². The second-order valence-electron chi connectivity index (χ2n) is 3.64. The van der Waals surface area contributed by atoms with Gasteiger partial charge in [0, 0.05) is 30.7 Å². The molecule has 1 aromatic carbocycles. The van der Waals surface area contributed by atoms with Crippen LogP contribution in [0.25, 0.3) is 10.9 Å². The maximum Gasteiger partial charge on any atom is 0.0490 e. The number of hydrogen-bond donors (Lipinski definition) is 2. The van der Waals surface area contributed by atoms with Gasteiger partial charge in [0.05, 0.1) is 0 Å². The average Bonchev–Trinajstić information content (AvgIpc) is 2.49. The normalized spacial score (nSPS) is 17.5. The number of rotatable bonds is 1. The molecule has 1 aromatic heterocycles. The van der Waals surface area contributed by atoms with Crippen LogP contribution in [0.3, 0.4) is 0 Å². The Balaban J connectivity index is 2.20. The van der Waals surface area contributed by atoms with Crippen LogP contribution in [-0.4, -0.2) is 18.1 Å². The fourth-order valence-electron chi connectivity index (χ4n) is 1.96. The molecule has 2 heterocycles. The number of nitrogens with one attached hydrogen (secondary N) is 2. The Labute approximate surface area is 77.0 Å². The van der Waals surface area contributed by atoms with E-state index in [4.69, 9.17) is 0 Å². The second kappa shape index (κ2) is 2.60. The Bertz CT molecular complexity index is 426. The Morgan fingerprint density at radius 3 is 2.85 bits per heavy atom. The monoisotopic (exact) mass is 172 g/mol. The maximum atomic E-state index is 3.31. The Morgan fingerprint density at radius 2 is 2.08 bits per heavy atom. The largest absolute Gasteiger partial charge is 0.361 e. The summed E-state index contributed by atoms with van der Waals surface area (Å²) in [4.78, 5) is 3.31. The summed E-state index contributed by atoms with van der Waals surface area (Å²) in [6, 6.07) is 8.65. The standard InChI is InChI=1S/C11H12N2/c1-2-8-4-5-13-11(8)10(3-1)9-6-12-7-9/h1-5,9,12-13H,6-7H2. The third kappa shape index (κ3) is 0.988. The highest BCUT2D eigenvalue weighted by atomic mass is 14.9. The summed E-state index contributed by atoms with van der Waals surface area (Å²) < 4.78 is 0. The highest BCUT2D eigenvalue weighted by Gasteiger charge is 2.20. The van der Waals surface area contributed by atoms with Crippen molar-refractivity contribution >= 4 is 10.9 Å². The first-order valence-corrected chi connectivity index (χ1v) is 4.72. The third-order valence-corrected chi connectivity index (χ3v) is 2.84. The van der Waals surface area contributed by atoms with Gasteiger partial charge in [-0.25, -0.2) is 0 Å². The van der Waals surface area contributed by atoms with Crippen molar-refractivity contribution < 1.29 is 0 Å². The lowest BCUT2D eigenvalue weighted by Gasteiger charge is -2.27. The summed E-state index contributed by atoms with van der Waals surface area (Å²) in [5, 5.41) is 4.63. The van der Waals surface area contributed by atoms with Gasteiger partial charge in [-0.3, -0.25) is 0 Å². The molecule has 0 spiro atoms. The molecule has 0 radical (unpaired) electrons. The van der Waals surface area contributed by atoms with Gasteiger partial charge in [-0.05, 0) is 17.0 Å². The number of aromatic amines is 1. The summed E-state index contributed by atoms with van der Waals surface area (Å²) in [7, 11) is 0. The van der Waals surface area contributed by atoms with Crippen LogP contribution in [-0.2, 0) is 0 Å². The number of fused-ring (bicyclic) bond motifs is 1. The molecule has 0 aliphatic carbocycles. The Hall–Kier alpha value is -1.28. The molecule has 2 aromatic rings. The molecular formula is C11H12N2. The number of benzene rings is 1. The van der Waals surface area contributed by atoms with Crippen molar-refractivity contribution in [2.45, 2.75) is 5.92 Å². The molecule has 1 saturated heterocycles. The molecule has 13 heavy (non-hydrogen) atoms. The molecule has 0 amide bonds. The van der Waals surface area contributed by atoms with Gasteiger partial charge < -0.3 is 10.3 Å².